The number of hydrogen-bond donors (Lipinski definition) is 5. The number of carbonyl (C=O) groups excluding carboxylic acids is 1. The van der Waals surface area contributed by atoms with E-state index in [0.717, 1.165) is 0 Å². The Hall–Kier alpha value is -2.09. The number of nitrogens with two attached hydrogens (primary N) is 2. The third-order valence-electron chi connectivity index (χ3n) is 1.99. The van der Waals surface area contributed by atoms with Crippen LogP contribution in [0.25, 0.3) is 6.08 Å². The molecule has 0 radical (unpaired) electrons. The molecule has 18 heavy (non-hydrogen) atoms. The monoisotopic (exact) mass is 252 g/mol. The topological polar surface area (TPSA) is 123 Å². The van der Waals surface area contributed by atoms with Gasteiger partial charge in [0.1, 0.15) is 6.29 Å². The molecule has 0 aliphatic carbocycles. The van der Waals surface area contributed by atoms with Gasteiger partial charge in [-0.1, -0.05) is 6.07 Å². The molecule has 0 atom stereocenters. The molecule has 0 spiro atoms. The molecule has 0 unspecified atom stereocenters. The Balaban J connectivity index is 2.64. The molecule has 0 aromatic heterocycles. The maximum Gasteiger partial charge on any atom is 0.258 e. The summed E-state index contributed by atoms with van der Waals surface area (Å²) < 4.78 is 4.94. The van der Waals surface area contributed by atoms with Gasteiger partial charge in [0.25, 0.3) is 5.91 Å². The lowest BCUT2D eigenvalue weighted by molar-refractivity contribution is -0.117. The van der Waals surface area contributed by atoms with Gasteiger partial charge in [0.15, 0.2) is 11.5 Å². The summed E-state index contributed by atoms with van der Waals surface area (Å²) in [6.07, 6.45) is 2.03. The highest BCUT2D eigenvalue weighted by Crippen LogP contribution is 2.26. The van der Waals surface area contributed by atoms with Crippen molar-refractivity contribution in [3.8, 4) is 11.5 Å². The predicted octanol–water partition coefficient (Wildman–Crippen LogP) is -0.764. The molecule has 1 rings (SSSR count). The molecule has 0 bridgehead atoms. The van der Waals surface area contributed by atoms with E-state index >= 15 is 0 Å². The molecule has 0 saturated carbocycles. The summed E-state index contributed by atoms with van der Waals surface area (Å²) in [5.74, 6) is -0.0301. The number of hydrogen-bond acceptors (Lipinski definition) is 6. The van der Waals surface area contributed by atoms with Crippen LogP contribution in [0.5, 0.6) is 11.5 Å². The summed E-state index contributed by atoms with van der Waals surface area (Å²) in [7, 11) is 1.45. The van der Waals surface area contributed by atoms with Crippen molar-refractivity contribution in [3.05, 3.63) is 29.8 Å². The van der Waals surface area contributed by atoms with Crippen LogP contribution < -0.4 is 27.1 Å². The van der Waals surface area contributed by atoms with Gasteiger partial charge in [0.2, 0.25) is 0 Å². The third-order valence-corrected chi connectivity index (χ3v) is 1.99. The number of methoxy groups -OCH3 is 1. The second kappa shape index (κ2) is 6.60. The van der Waals surface area contributed by atoms with Gasteiger partial charge in [-0.25, -0.2) is 5.43 Å². The van der Waals surface area contributed by atoms with Crippen molar-refractivity contribution in [1.82, 2.24) is 10.9 Å². The standard InChI is InChI=1S/C11H16N4O3/c1-18-9-6-7(2-4-8(9)16)3-5-10(17)14-15-11(12)13/h2-6,11,15-16H,12-13H2,1H3,(H,14,17)/b5-3+. The number of amides is 1. The number of benzene rings is 1. The van der Waals surface area contributed by atoms with Gasteiger partial charge in [-0.2, -0.15) is 0 Å². The average Bonchev–Trinajstić information content (AvgIpc) is 2.35. The van der Waals surface area contributed by atoms with Crippen LogP contribution in [-0.2, 0) is 4.79 Å². The highest BCUT2D eigenvalue weighted by Gasteiger charge is 2.01. The van der Waals surface area contributed by atoms with Crippen molar-refractivity contribution >= 4 is 12.0 Å². The van der Waals surface area contributed by atoms with Crippen molar-refractivity contribution in [3.63, 3.8) is 0 Å². The van der Waals surface area contributed by atoms with Crippen molar-refractivity contribution in [2.24, 2.45) is 11.5 Å². The van der Waals surface area contributed by atoms with E-state index in [-0.39, 0.29) is 5.75 Å². The molecule has 0 aliphatic heterocycles. The van der Waals surface area contributed by atoms with Crippen molar-refractivity contribution in [1.29, 1.82) is 0 Å². The van der Waals surface area contributed by atoms with Crippen LogP contribution in [0.2, 0.25) is 0 Å². The molecular weight excluding hydrogens is 236 g/mol. The van der Waals surface area contributed by atoms with Gasteiger partial charge in [-0.3, -0.25) is 10.2 Å². The van der Waals surface area contributed by atoms with Crippen molar-refractivity contribution < 1.29 is 14.6 Å². The zero-order chi connectivity index (χ0) is 13.5. The average molecular weight is 252 g/mol. The molecule has 0 saturated heterocycles. The van der Waals surface area contributed by atoms with Gasteiger partial charge in [-0.05, 0) is 23.8 Å². The second-order valence-electron chi connectivity index (χ2n) is 3.42. The normalized spacial score (nSPS) is 10.9. The minimum atomic E-state index is -0.823. The Morgan fingerprint density at radius 3 is 2.83 bits per heavy atom. The quantitative estimate of drug-likeness (QED) is 0.266. The van der Waals surface area contributed by atoms with Gasteiger partial charge < -0.3 is 21.3 Å². The van der Waals surface area contributed by atoms with Crippen LogP contribution in [0.4, 0.5) is 0 Å². The summed E-state index contributed by atoms with van der Waals surface area (Å²) in [4.78, 5) is 11.3. The summed E-state index contributed by atoms with van der Waals surface area (Å²) in [5, 5.41) is 9.39. The lowest BCUT2D eigenvalue weighted by atomic mass is 10.2. The summed E-state index contributed by atoms with van der Waals surface area (Å²) in [6, 6.07) is 4.72. The lowest BCUT2D eigenvalue weighted by Gasteiger charge is -2.07. The first-order valence-electron chi connectivity index (χ1n) is 5.14. The number of hydrazine groups is 1. The third kappa shape index (κ3) is 4.42. The number of phenolic OH excluding ortho intramolecular Hbond substituents is 1. The number of rotatable bonds is 5. The molecule has 0 heterocycles. The van der Waals surface area contributed by atoms with Gasteiger partial charge in [-0.15, -0.1) is 0 Å². The van der Waals surface area contributed by atoms with Crippen molar-refractivity contribution in [2.45, 2.75) is 6.29 Å². The maximum absolute atomic E-state index is 11.3. The summed E-state index contributed by atoms with van der Waals surface area (Å²) >= 11 is 0. The number of carbonyl (C=O) groups is 1. The Bertz CT molecular complexity index is 446. The molecule has 1 aromatic carbocycles. The van der Waals surface area contributed by atoms with Gasteiger partial charge in [0.05, 0.1) is 7.11 Å². The van der Waals surface area contributed by atoms with Crippen LogP contribution in [0.3, 0.4) is 0 Å². The van der Waals surface area contributed by atoms with Gasteiger partial charge in [0, 0.05) is 6.08 Å². The zero-order valence-corrected chi connectivity index (χ0v) is 9.88. The number of ether oxygens (including phenoxy) is 1. The van der Waals surface area contributed by atoms with E-state index in [1.54, 1.807) is 18.2 Å². The first-order chi connectivity index (χ1) is 8.52. The van der Waals surface area contributed by atoms with E-state index < -0.39 is 12.2 Å². The van der Waals surface area contributed by atoms with E-state index in [2.05, 4.69) is 10.9 Å². The fourth-order valence-corrected chi connectivity index (χ4v) is 1.17. The second-order valence-corrected chi connectivity index (χ2v) is 3.42. The molecule has 7 nitrogen and oxygen atoms in total. The molecule has 1 aromatic rings. The molecular formula is C11H16N4O3. The van der Waals surface area contributed by atoms with E-state index in [0.29, 0.717) is 11.3 Å². The molecule has 1 amide bonds. The fourth-order valence-electron chi connectivity index (χ4n) is 1.17. The summed E-state index contributed by atoms with van der Waals surface area (Å²) in [6.45, 7) is 0. The Morgan fingerprint density at radius 1 is 1.50 bits per heavy atom. The van der Waals surface area contributed by atoms with Crippen LogP contribution >= 0.6 is 0 Å². The fraction of sp³-hybridized carbons (Fsp3) is 0.182. The number of phenols is 1. The first kappa shape index (κ1) is 14.0. The van der Waals surface area contributed by atoms with Crippen LogP contribution in [0, 0.1) is 0 Å². The Morgan fingerprint density at radius 2 is 2.22 bits per heavy atom. The molecule has 0 fully saturated rings. The minimum absolute atomic E-state index is 0.0369. The van der Waals surface area contributed by atoms with Gasteiger partial charge >= 0.3 is 0 Å². The molecule has 7 N–H and O–H groups in total. The Labute approximate surface area is 104 Å². The van der Waals surface area contributed by atoms with Crippen LogP contribution in [-0.4, -0.2) is 24.4 Å². The Kier molecular flexibility index (Phi) is 5.12. The van der Waals surface area contributed by atoms with E-state index in [9.17, 15) is 9.90 Å². The smallest absolute Gasteiger partial charge is 0.258 e. The molecule has 7 heteroatoms. The minimum Gasteiger partial charge on any atom is -0.504 e. The van der Waals surface area contributed by atoms with Crippen LogP contribution in [0.1, 0.15) is 5.56 Å². The van der Waals surface area contributed by atoms with E-state index in [4.69, 9.17) is 16.2 Å². The van der Waals surface area contributed by atoms with Crippen molar-refractivity contribution in [2.75, 3.05) is 7.11 Å². The van der Waals surface area contributed by atoms with E-state index in [1.807, 2.05) is 0 Å². The number of nitrogens with one attached hydrogen (secondary N) is 2. The number of aromatic hydroxyl groups is 1. The SMILES string of the molecule is COc1cc(/C=C/C(=O)NNC(N)N)ccc1O. The largest absolute Gasteiger partial charge is 0.504 e. The molecule has 98 valence electrons. The summed E-state index contributed by atoms with van der Waals surface area (Å²) in [5.41, 5.74) is 15.7. The first-order valence-corrected chi connectivity index (χ1v) is 5.14. The van der Waals surface area contributed by atoms with Crippen LogP contribution in [0.15, 0.2) is 24.3 Å². The lowest BCUT2D eigenvalue weighted by Crippen LogP contribution is -2.53. The highest BCUT2D eigenvalue weighted by molar-refractivity contribution is 5.91. The molecule has 0 aliphatic rings. The highest BCUT2D eigenvalue weighted by atomic mass is 16.5. The van der Waals surface area contributed by atoms with E-state index in [1.165, 1.54) is 19.3 Å². The predicted molar refractivity (Wildman–Crippen MR) is 67.1 cm³/mol. The zero-order valence-electron chi connectivity index (χ0n) is 9.88. The maximum atomic E-state index is 11.3.